The van der Waals surface area contributed by atoms with Crippen molar-refractivity contribution in [1.29, 1.82) is 0 Å². The molecule has 1 heterocycles. The second-order valence-electron chi connectivity index (χ2n) is 10.7. The summed E-state index contributed by atoms with van der Waals surface area (Å²) >= 11 is 0. The van der Waals surface area contributed by atoms with Crippen molar-refractivity contribution in [3.63, 3.8) is 0 Å². The number of sulfonamides is 1. The van der Waals surface area contributed by atoms with Gasteiger partial charge in [-0.15, -0.1) is 0 Å². The van der Waals surface area contributed by atoms with Gasteiger partial charge in [0.15, 0.2) is 0 Å². The van der Waals surface area contributed by atoms with Gasteiger partial charge in [-0.2, -0.15) is 4.31 Å². The summed E-state index contributed by atoms with van der Waals surface area (Å²) in [6.07, 6.45) is 1.23. The Morgan fingerprint density at radius 2 is 1.56 bits per heavy atom. The molecule has 2 aromatic carbocycles. The maximum Gasteiger partial charge on any atom is 0.251 e. The number of carbonyl (C=O) groups excluding carboxylic acids is 2. The summed E-state index contributed by atoms with van der Waals surface area (Å²) in [5.41, 5.74) is 2.68. The normalized spacial score (nSPS) is 21.0. The highest BCUT2D eigenvalue weighted by atomic mass is 32.2. The lowest BCUT2D eigenvalue weighted by Crippen LogP contribution is -2.55. The Hall–Kier alpha value is -2.97. The lowest BCUT2D eigenvalue weighted by Gasteiger charge is -2.40. The zero-order valence-corrected chi connectivity index (χ0v) is 22.6. The molecule has 2 atom stereocenters. The first-order chi connectivity index (χ1) is 16.8. The fourth-order valence-corrected chi connectivity index (χ4v) is 6.18. The van der Waals surface area contributed by atoms with Crippen LogP contribution in [0.3, 0.4) is 0 Å². The van der Waals surface area contributed by atoms with Gasteiger partial charge in [0.05, 0.1) is 4.90 Å². The third-order valence-electron chi connectivity index (χ3n) is 6.73. The Balaban J connectivity index is 1.63. The third-order valence-corrected chi connectivity index (χ3v) is 8.58. The van der Waals surface area contributed by atoms with E-state index in [0.29, 0.717) is 25.2 Å². The summed E-state index contributed by atoms with van der Waals surface area (Å²) < 4.78 is 28.0. The minimum Gasteiger partial charge on any atom is -0.349 e. The first-order valence-electron chi connectivity index (χ1n) is 12.2. The first-order valence-corrected chi connectivity index (χ1v) is 13.7. The predicted octanol–water partition coefficient (Wildman–Crippen LogP) is 3.86. The van der Waals surface area contributed by atoms with Crippen molar-refractivity contribution in [2.24, 2.45) is 11.8 Å². The van der Waals surface area contributed by atoms with E-state index in [-0.39, 0.29) is 40.0 Å². The molecule has 36 heavy (non-hydrogen) atoms. The number of hydrogen-bond acceptors (Lipinski definition) is 4. The monoisotopic (exact) mass is 511 g/mol. The number of rotatable bonds is 7. The van der Waals surface area contributed by atoms with Crippen LogP contribution in [0.1, 0.15) is 56.1 Å². The highest BCUT2D eigenvalue weighted by Gasteiger charge is 2.38. The Bertz CT molecular complexity index is 1190. The van der Waals surface area contributed by atoms with Gasteiger partial charge < -0.3 is 10.6 Å². The lowest BCUT2D eigenvalue weighted by atomic mass is 9.87. The molecule has 2 N–H and O–H groups in total. The van der Waals surface area contributed by atoms with Gasteiger partial charge in [-0.25, -0.2) is 8.42 Å². The van der Waals surface area contributed by atoms with Crippen molar-refractivity contribution in [2.45, 2.75) is 57.5 Å². The summed E-state index contributed by atoms with van der Waals surface area (Å²) in [5, 5.41) is 5.80. The molecule has 1 aliphatic rings. The van der Waals surface area contributed by atoms with E-state index in [4.69, 9.17) is 0 Å². The molecule has 8 heteroatoms. The number of nitrogens with zero attached hydrogens (tertiary/aromatic N) is 1. The fraction of sp³-hybridized carbons (Fsp3) is 0.429. The molecule has 2 aromatic rings. The molecule has 0 spiro atoms. The summed E-state index contributed by atoms with van der Waals surface area (Å²) in [5.74, 6) is -0.643. The van der Waals surface area contributed by atoms with Crippen molar-refractivity contribution >= 4 is 21.8 Å². The van der Waals surface area contributed by atoms with Gasteiger partial charge in [-0.1, -0.05) is 65.5 Å². The molecule has 0 aromatic heterocycles. The van der Waals surface area contributed by atoms with Crippen molar-refractivity contribution in [2.75, 3.05) is 13.1 Å². The number of carbonyl (C=O) groups is 2. The van der Waals surface area contributed by atoms with E-state index >= 15 is 0 Å². The van der Waals surface area contributed by atoms with Crippen molar-refractivity contribution in [3.8, 4) is 0 Å². The Morgan fingerprint density at radius 3 is 2.06 bits per heavy atom. The zero-order valence-electron chi connectivity index (χ0n) is 21.7. The van der Waals surface area contributed by atoms with Crippen molar-refractivity contribution in [3.05, 3.63) is 77.9 Å². The maximum atomic E-state index is 13.3. The van der Waals surface area contributed by atoms with E-state index < -0.39 is 10.0 Å². The van der Waals surface area contributed by atoms with Crippen LogP contribution in [-0.2, 0) is 26.8 Å². The van der Waals surface area contributed by atoms with Gasteiger partial charge >= 0.3 is 0 Å². The molecule has 1 aliphatic heterocycles. The number of nitrogens with one attached hydrogen (secondary N) is 2. The van der Waals surface area contributed by atoms with E-state index in [0.717, 1.165) is 5.56 Å². The standard InChI is InChI=1S/C28H37N3O4S/c1-7-25(32)30-26-19(2)17-31(18-20(26)3)36(34,35)24-14-10-22(11-15-24)27(33)29-16-21-8-12-23(13-9-21)28(4,5)6/h7-15,19-20,26H,1,16-18H2,2-6H3,(H,29,33)(H,30,32). The van der Waals surface area contributed by atoms with E-state index in [1.165, 1.54) is 40.2 Å². The van der Waals surface area contributed by atoms with Gasteiger partial charge in [0.1, 0.15) is 0 Å². The maximum absolute atomic E-state index is 13.3. The van der Waals surface area contributed by atoms with E-state index in [2.05, 4.69) is 50.1 Å². The van der Waals surface area contributed by atoms with Crippen LogP contribution in [0.2, 0.25) is 0 Å². The number of piperidine rings is 1. The van der Waals surface area contributed by atoms with E-state index in [9.17, 15) is 18.0 Å². The SMILES string of the molecule is C=CC(=O)NC1C(C)CN(S(=O)(=O)c2ccc(C(=O)NCc3ccc(C(C)(C)C)cc3)cc2)CC1C. The van der Waals surface area contributed by atoms with Crippen LogP contribution >= 0.6 is 0 Å². The van der Waals surface area contributed by atoms with Gasteiger partial charge in [0, 0.05) is 31.2 Å². The number of benzene rings is 2. The van der Waals surface area contributed by atoms with Gasteiger partial charge in [-0.3, -0.25) is 9.59 Å². The topological polar surface area (TPSA) is 95.6 Å². The van der Waals surface area contributed by atoms with Crippen molar-refractivity contribution < 1.29 is 18.0 Å². The van der Waals surface area contributed by atoms with Crippen LogP contribution in [-0.4, -0.2) is 43.7 Å². The minimum atomic E-state index is -3.73. The summed E-state index contributed by atoms with van der Waals surface area (Å²) in [6, 6.07) is 14.0. The molecule has 0 bridgehead atoms. The first kappa shape index (κ1) is 27.6. The largest absolute Gasteiger partial charge is 0.349 e. The molecule has 7 nitrogen and oxygen atoms in total. The zero-order chi connectivity index (χ0) is 26.7. The molecular formula is C28H37N3O4S. The smallest absolute Gasteiger partial charge is 0.251 e. The average molecular weight is 512 g/mol. The molecule has 0 radical (unpaired) electrons. The third kappa shape index (κ3) is 6.42. The molecule has 2 unspecified atom stereocenters. The van der Waals surface area contributed by atoms with Gasteiger partial charge in [0.2, 0.25) is 15.9 Å². The predicted molar refractivity (Wildman–Crippen MR) is 142 cm³/mol. The van der Waals surface area contributed by atoms with Gasteiger partial charge in [-0.05, 0) is 58.7 Å². The van der Waals surface area contributed by atoms with Crippen LogP contribution in [0, 0.1) is 11.8 Å². The molecule has 2 amide bonds. The van der Waals surface area contributed by atoms with Crippen LogP contribution in [0.25, 0.3) is 0 Å². The highest BCUT2D eigenvalue weighted by Crippen LogP contribution is 2.28. The molecule has 3 rings (SSSR count). The van der Waals surface area contributed by atoms with Crippen LogP contribution in [0.15, 0.2) is 66.1 Å². The average Bonchev–Trinajstić information content (AvgIpc) is 2.84. The molecule has 0 aliphatic carbocycles. The fourth-order valence-electron chi connectivity index (χ4n) is 4.54. The Kier molecular flexibility index (Phi) is 8.41. The summed E-state index contributed by atoms with van der Waals surface area (Å²) in [4.78, 5) is 24.5. The molecule has 194 valence electrons. The van der Waals surface area contributed by atoms with Crippen LogP contribution in [0.5, 0.6) is 0 Å². The quantitative estimate of drug-likeness (QED) is 0.552. The number of amides is 2. The molecule has 1 fully saturated rings. The molecule has 1 saturated heterocycles. The highest BCUT2D eigenvalue weighted by molar-refractivity contribution is 7.89. The van der Waals surface area contributed by atoms with E-state index in [1.54, 1.807) is 0 Å². The summed E-state index contributed by atoms with van der Waals surface area (Å²) in [6.45, 7) is 14.8. The minimum absolute atomic E-state index is 0.0602. The molecule has 0 saturated carbocycles. The van der Waals surface area contributed by atoms with Crippen LogP contribution < -0.4 is 10.6 Å². The second-order valence-corrected chi connectivity index (χ2v) is 12.6. The Labute approximate surface area is 215 Å². The number of hydrogen-bond donors (Lipinski definition) is 2. The lowest BCUT2D eigenvalue weighted by molar-refractivity contribution is -0.118. The Morgan fingerprint density at radius 1 is 1.00 bits per heavy atom. The second kappa shape index (κ2) is 11.0. The van der Waals surface area contributed by atoms with Gasteiger partial charge in [0.25, 0.3) is 5.91 Å². The van der Waals surface area contributed by atoms with E-state index in [1.807, 2.05) is 26.0 Å². The van der Waals surface area contributed by atoms with Crippen molar-refractivity contribution in [1.82, 2.24) is 14.9 Å². The molecular weight excluding hydrogens is 474 g/mol. The summed E-state index contributed by atoms with van der Waals surface area (Å²) in [7, 11) is -3.73. The van der Waals surface area contributed by atoms with Crippen LogP contribution in [0.4, 0.5) is 0 Å².